The molecule has 6 nitrogen and oxygen atoms in total. The predicted octanol–water partition coefficient (Wildman–Crippen LogP) is 3.03. The van der Waals surface area contributed by atoms with Gasteiger partial charge in [-0.2, -0.15) is 0 Å². The lowest BCUT2D eigenvalue weighted by Gasteiger charge is -2.60. The van der Waals surface area contributed by atoms with Crippen molar-refractivity contribution in [3.63, 3.8) is 0 Å². The summed E-state index contributed by atoms with van der Waals surface area (Å²) >= 11 is 0. The van der Waals surface area contributed by atoms with Crippen LogP contribution in [-0.2, 0) is 23.9 Å². The van der Waals surface area contributed by atoms with Crippen molar-refractivity contribution in [3.05, 3.63) is 23.8 Å². The largest absolute Gasteiger partial charge is 0.458 e. The molecule has 0 aromatic heterocycles. The Kier molecular flexibility index (Phi) is 5.33. The highest BCUT2D eigenvalue weighted by molar-refractivity contribution is 6.01. The average molecular weight is 431 g/mol. The fraction of sp³-hybridized carbons (Fsp3) is 0.720. The highest BCUT2D eigenvalue weighted by atomic mass is 16.5. The van der Waals surface area contributed by atoms with Gasteiger partial charge in [0.1, 0.15) is 5.60 Å². The number of Topliss-reactive ketones (excluding diaryl/α,β-unsaturated/α-hetero) is 1. The number of aliphatic hydroxyl groups is 1. The minimum atomic E-state index is -1.57. The highest BCUT2D eigenvalue weighted by Gasteiger charge is 2.70. The third-order valence-corrected chi connectivity index (χ3v) is 9.19. The van der Waals surface area contributed by atoms with E-state index < -0.39 is 29.4 Å². The van der Waals surface area contributed by atoms with Gasteiger partial charge in [-0.3, -0.25) is 14.4 Å². The van der Waals surface area contributed by atoms with Gasteiger partial charge >= 0.3 is 5.97 Å². The molecule has 0 saturated heterocycles. The van der Waals surface area contributed by atoms with Gasteiger partial charge in [0.2, 0.25) is 5.78 Å². The second-order valence-corrected chi connectivity index (χ2v) is 10.5. The van der Waals surface area contributed by atoms with E-state index in [9.17, 15) is 19.5 Å². The number of allylic oxidation sites excluding steroid dienone is 4. The van der Waals surface area contributed by atoms with Crippen LogP contribution in [0.25, 0.3) is 0 Å². The third kappa shape index (κ3) is 3.01. The third-order valence-electron chi connectivity index (χ3n) is 9.19. The van der Waals surface area contributed by atoms with Crippen LogP contribution in [0.2, 0.25) is 0 Å². The van der Waals surface area contributed by atoms with E-state index in [-0.39, 0.29) is 41.0 Å². The van der Waals surface area contributed by atoms with Crippen molar-refractivity contribution in [1.29, 1.82) is 0 Å². The van der Waals surface area contributed by atoms with Gasteiger partial charge in [-0.25, -0.2) is 0 Å². The monoisotopic (exact) mass is 430 g/mol. The van der Waals surface area contributed by atoms with E-state index in [0.717, 1.165) is 19.3 Å². The summed E-state index contributed by atoms with van der Waals surface area (Å²) in [5.41, 5.74) is -1.33. The molecular weight excluding hydrogens is 396 g/mol. The summed E-state index contributed by atoms with van der Waals surface area (Å²) < 4.78 is 11.0. The number of esters is 1. The summed E-state index contributed by atoms with van der Waals surface area (Å²) in [6, 6.07) is 0. The molecule has 1 N–H and O–H groups in total. The van der Waals surface area contributed by atoms with Gasteiger partial charge in [-0.05, 0) is 55.6 Å². The molecule has 31 heavy (non-hydrogen) atoms. The minimum Gasteiger partial charge on any atom is -0.458 e. The van der Waals surface area contributed by atoms with E-state index in [2.05, 4.69) is 6.92 Å². The van der Waals surface area contributed by atoms with Crippen LogP contribution in [0, 0.1) is 34.5 Å². The van der Waals surface area contributed by atoms with E-state index in [1.54, 1.807) is 19.3 Å². The Balaban J connectivity index is 1.73. The number of hydrogen-bond donors (Lipinski definition) is 1. The van der Waals surface area contributed by atoms with E-state index in [4.69, 9.17) is 9.47 Å². The molecule has 8 atom stereocenters. The summed E-state index contributed by atoms with van der Waals surface area (Å²) in [6.07, 6.45) is 8.39. The zero-order valence-electron chi connectivity index (χ0n) is 19.1. The number of carbonyl (C=O) groups is 3. The Morgan fingerprint density at radius 2 is 2.00 bits per heavy atom. The predicted molar refractivity (Wildman–Crippen MR) is 114 cm³/mol. The van der Waals surface area contributed by atoms with Gasteiger partial charge in [0.15, 0.2) is 12.4 Å². The molecule has 0 aliphatic heterocycles. The number of hydrogen-bond acceptors (Lipinski definition) is 6. The normalized spacial score (nSPS) is 45.9. The first kappa shape index (κ1) is 22.4. The number of carbonyl (C=O) groups excluding carboxylic acids is 3. The lowest BCUT2D eigenvalue weighted by Crippen LogP contribution is -2.63. The van der Waals surface area contributed by atoms with Gasteiger partial charge in [-0.15, -0.1) is 0 Å². The number of ether oxygens (including phenoxy) is 2. The molecule has 6 unspecified atom stereocenters. The fourth-order valence-corrected chi connectivity index (χ4v) is 7.72. The molecule has 0 radical (unpaired) electrons. The molecule has 170 valence electrons. The van der Waals surface area contributed by atoms with E-state index in [1.165, 1.54) is 12.5 Å². The lowest BCUT2D eigenvalue weighted by molar-refractivity contribution is -0.189. The molecule has 3 fully saturated rings. The van der Waals surface area contributed by atoms with Crippen LogP contribution in [0.1, 0.15) is 53.4 Å². The molecular formula is C25H34O6. The molecule has 4 rings (SSSR count). The molecule has 6 heteroatoms. The Morgan fingerprint density at radius 3 is 2.65 bits per heavy atom. The fourth-order valence-electron chi connectivity index (χ4n) is 7.72. The smallest absolute Gasteiger partial charge is 0.303 e. The average Bonchev–Trinajstić information content (AvgIpc) is 2.93. The van der Waals surface area contributed by atoms with Crippen LogP contribution in [0.15, 0.2) is 23.8 Å². The zero-order valence-corrected chi connectivity index (χ0v) is 19.1. The van der Waals surface area contributed by atoms with Crippen molar-refractivity contribution in [2.24, 2.45) is 34.5 Å². The SMILES string of the molecule is COC1CC2(C)C(C[C@@H](C)[C@]2(O)C(=O)COC(C)=O)C2CCC3=CC(=O)C=CC3(C)C12. The van der Waals surface area contributed by atoms with E-state index in [0.29, 0.717) is 6.42 Å². The maximum absolute atomic E-state index is 13.2. The standard InChI is InChI=1S/C25H34O6/c1-14-10-19-18-7-6-16-11-17(27)8-9-23(16,3)22(18)20(30-5)12-24(19,4)25(14,29)21(28)13-31-15(2)26/h8-9,11,14,18-20,22,29H,6-7,10,12-13H2,1-5H3/t14-,18?,19?,20?,22?,23?,24?,25+/m1/s1. The van der Waals surface area contributed by atoms with Gasteiger partial charge < -0.3 is 14.6 Å². The number of methoxy groups -OCH3 is 1. The van der Waals surface area contributed by atoms with E-state index in [1.807, 2.05) is 19.9 Å². The summed E-state index contributed by atoms with van der Waals surface area (Å²) in [7, 11) is 1.70. The van der Waals surface area contributed by atoms with Crippen molar-refractivity contribution in [1.82, 2.24) is 0 Å². The Morgan fingerprint density at radius 1 is 1.29 bits per heavy atom. The molecule has 0 spiro atoms. The molecule has 0 aromatic carbocycles. The Hall–Kier alpha value is -1.79. The molecule has 0 heterocycles. The lowest BCUT2D eigenvalue weighted by atomic mass is 9.46. The topological polar surface area (TPSA) is 89.9 Å². The first-order chi connectivity index (χ1) is 14.5. The molecule has 0 amide bonds. The highest BCUT2D eigenvalue weighted by Crippen LogP contribution is 2.68. The van der Waals surface area contributed by atoms with Crippen LogP contribution >= 0.6 is 0 Å². The van der Waals surface area contributed by atoms with Crippen molar-refractivity contribution >= 4 is 17.5 Å². The maximum Gasteiger partial charge on any atom is 0.303 e. The molecule has 0 bridgehead atoms. The summed E-state index contributed by atoms with van der Waals surface area (Å²) in [4.78, 5) is 36.5. The summed E-state index contributed by atoms with van der Waals surface area (Å²) in [6.45, 7) is 7.01. The molecule has 4 aliphatic carbocycles. The first-order valence-corrected chi connectivity index (χ1v) is 11.3. The van der Waals surface area contributed by atoms with E-state index >= 15 is 0 Å². The second kappa shape index (κ2) is 7.38. The quantitative estimate of drug-likeness (QED) is 0.690. The van der Waals surface area contributed by atoms with Crippen molar-refractivity contribution < 1.29 is 29.0 Å². The van der Waals surface area contributed by atoms with Gasteiger partial charge in [-0.1, -0.05) is 32.4 Å². The van der Waals surface area contributed by atoms with Crippen LogP contribution in [0.3, 0.4) is 0 Å². The Labute approximate surface area is 184 Å². The minimum absolute atomic E-state index is 0.0421. The van der Waals surface area contributed by atoms with Crippen molar-refractivity contribution in [2.75, 3.05) is 13.7 Å². The Bertz CT molecular complexity index is 873. The van der Waals surface area contributed by atoms with Gasteiger partial charge in [0.05, 0.1) is 6.10 Å². The first-order valence-electron chi connectivity index (χ1n) is 11.3. The van der Waals surface area contributed by atoms with Crippen LogP contribution < -0.4 is 0 Å². The van der Waals surface area contributed by atoms with Crippen molar-refractivity contribution in [3.8, 4) is 0 Å². The molecule has 3 saturated carbocycles. The van der Waals surface area contributed by atoms with Crippen LogP contribution in [0.5, 0.6) is 0 Å². The number of rotatable bonds is 4. The van der Waals surface area contributed by atoms with Gasteiger partial charge in [0.25, 0.3) is 0 Å². The van der Waals surface area contributed by atoms with Crippen molar-refractivity contribution in [2.45, 2.75) is 65.1 Å². The number of ketones is 2. The summed E-state index contributed by atoms with van der Waals surface area (Å²) in [5, 5.41) is 11.9. The van der Waals surface area contributed by atoms with Crippen LogP contribution in [-0.4, -0.2) is 48.1 Å². The molecule has 4 aliphatic rings. The second-order valence-electron chi connectivity index (χ2n) is 10.5. The zero-order chi connectivity index (χ0) is 22.8. The maximum atomic E-state index is 13.2. The van der Waals surface area contributed by atoms with Crippen LogP contribution in [0.4, 0.5) is 0 Å². The molecule has 0 aromatic rings. The summed E-state index contributed by atoms with van der Waals surface area (Å²) in [5.74, 6) is -0.551. The van der Waals surface area contributed by atoms with Gasteiger partial charge in [0, 0.05) is 30.8 Å². The number of fused-ring (bicyclic) bond motifs is 5.